The van der Waals surface area contributed by atoms with E-state index in [0.29, 0.717) is 12.1 Å². The Balaban J connectivity index is 1.78. The highest BCUT2D eigenvalue weighted by molar-refractivity contribution is 5.50. The minimum atomic E-state index is 0.522. The first-order valence-electron chi connectivity index (χ1n) is 6.81. The molecule has 1 aromatic rings. The number of anilines is 2. The van der Waals surface area contributed by atoms with Gasteiger partial charge < -0.3 is 15.5 Å². The Kier molecular flexibility index (Phi) is 3.07. The smallest absolute Gasteiger partial charge is 0.134 e. The summed E-state index contributed by atoms with van der Waals surface area (Å²) in [4.78, 5) is 11.4. The zero-order valence-corrected chi connectivity index (χ0v) is 11.1. The summed E-state index contributed by atoms with van der Waals surface area (Å²) >= 11 is 0. The molecule has 1 saturated carbocycles. The molecule has 0 aromatic carbocycles. The fraction of sp³-hybridized carbons (Fsp3) is 0.692. The number of nitrogens with one attached hydrogen (secondary N) is 2. The number of nitrogens with zero attached hydrogens (tertiary/aromatic N) is 3. The van der Waals surface area contributed by atoms with Crippen LogP contribution in [0.15, 0.2) is 6.07 Å². The second-order valence-electron chi connectivity index (χ2n) is 5.38. The van der Waals surface area contributed by atoms with E-state index >= 15 is 0 Å². The molecule has 0 bridgehead atoms. The molecule has 1 aliphatic heterocycles. The molecule has 18 heavy (non-hydrogen) atoms. The number of aromatic nitrogens is 2. The van der Waals surface area contributed by atoms with Crippen molar-refractivity contribution >= 4 is 11.6 Å². The third kappa shape index (κ3) is 2.72. The summed E-state index contributed by atoms with van der Waals surface area (Å²) in [7, 11) is 0. The Hall–Kier alpha value is -1.36. The Morgan fingerprint density at radius 1 is 1.39 bits per heavy atom. The Labute approximate surface area is 108 Å². The molecule has 1 unspecified atom stereocenters. The van der Waals surface area contributed by atoms with Gasteiger partial charge in [-0.2, -0.15) is 0 Å². The summed E-state index contributed by atoms with van der Waals surface area (Å²) in [5.41, 5.74) is 0. The third-order valence-corrected chi connectivity index (χ3v) is 3.45. The van der Waals surface area contributed by atoms with Crippen molar-refractivity contribution in [1.29, 1.82) is 0 Å². The lowest BCUT2D eigenvalue weighted by molar-refractivity contribution is 0.482. The maximum Gasteiger partial charge on any atom is 0.134 e. The fourth-order valence-electron chi connectivity index (χ4n) is 2.37. The van der Waals surface area contributed by atoms with Gasteiger partial charge in [0.05, 0.1) is 0 Å². The highest BCUT2D eigenvalue weighted by Crippen LogP contribution is 2.25. The second-order valence-corrected chi connectivity index (χ2v) is 5.38. The molecule has 1 aliphatic carbocycles. The number of hydrogen-bond donors (Lipinski definition) is 2. The molecular weight excluding hydrogens is 226 g/mol. The molecule has 2 N–H and O–H groups in total. The lowest BCUT2D eigenvalue weighted by atomic mass is 10.2. The van der Waals surface area contributed by atoms with Crippen LogP contribution in [0, 0.1) is 6.92 Å². The summed E-state index contributed by atoms with van der Waals surface area (Å²) in [6, 6.07) is 3.24. The van der Waals surface area contributed by atoms with Gasteiger partial charge in [-0.3, -0.25) is 0 Å². The zero-order valence-electron chi connectivity index (χ0n) is 11.1. The molecule has 1 atom stereocenters. The third-order valence-electron chi connectivity index (χ3n) is 3.45. The Bertz CT molecular complexity index is 429. The van der Waals surface area contributed by atoms with Crippen molar-refractivity contribution < 1.29 is 0 Å². The summed E-state index contributed by atoms with van der Waals surface area (Å²) in [6.07, 6.45) is 2.53. The van der Waals surface area contributed by atoms with Gasteiger partial charge in [0.15, 0.2) is 0 Å². The molecule has 3 rings (SSSR count). The highest BCUT2D eigenvalue weighted by Gasteiger charge is 2.23. The minimum Gasteiger partial charge on any atom is -0.367 e. The van der Waals surface area contributed by atoms with Gasteiger partial charge in [-0.05, 0) is 26.7 Å². The maximum absolute atomic E-state index is 4.57. The Morgan fingerprint density at radius 3 is 2.94 bits per heavy atom. The van der Waals surface area contributed by atoms with E-state index in [9.17, 15) is 0 Å². The summed E-state index contributed by atoms with van der Waals surface area (Å²) in [6.45, 7) is 7.23. The van der Waals surface area contributed by atoms with Gasteiger partial charge in [-0.1, -0.05) is 0 Å². The highest BCUT2D eigenvalue weighted by atomic mass is 15.3. The first-order chi connectivity index (χ1) is 8.70. The summed E-state index contributed by atoms with van der Waals surface area (Å²) in [5.74, 6) is 2.88. The topological polar surface area (TPSA) is 53.1 Å². The quantitative estimate of drug-likeness (QED) is 0.839. The zero-order chi connectivity index (χ0) is 12.5. The Morgan fingerprint density at radius 2 is 2.22 bits per heavy atom. The molecule has 2 aliphatic rings. The molecule has 0 amide bonds. The monoisotopic (exact) mass is 247 g/mol. The van der Waals surface area contributed by atoms with Gasteiger partial charge in [0.25, 0.3) is 0 Å². The first-order valence-corrected chi connectivity index (χ1v) is 6.81. The number of rotatable bonds is 3. The van der Waals surface area contributed by atoms with E-state index in [2.05, 4.69) is 38.5 Å². The summed E-state index contributed by atoms with van der Waals surface area (Å²) < 4.78 is 0. The van der Waals surface area contributed by atoms with Crippen LogP contribution in [0.1, 0.15) is 25.6 Å². The lowest BCUT2D eigenvalue weighted by Gasteiger charge is -2.33. The normalized spacial score (nSPS) is 24.1. The van der Waals surface area contributed by atoms with E-state index in [1.807, 2.05) is 6.92 Å². The van der Waals surface area contributed by atoms with Crippen LogP contribution in [0.5, 0.6) is 0 Å². The molecule has 1 aromatic heterocycles. The molecule has 2 heterocycles. The number of piperazine rings is 1. The van der Waals surface area contributed by atoms with Crippen LogP contribution in [0.25, 0.3) is 0 Å². The van der Waals surface area contributed by atoms with Crippen molar-refractivity contribution in [3.05, 3.63) is 11.9 Å². The molecule has 1 saturated heterocycles. The number of aryl methyl sites for hydroxylation is 1. The predicted octanol–water partition coefficient (Wildman–Crippen LogP) is 1.16. The largest absolute Gasteiger partial charge is 0.367 e. The summed E-state index contributed by atoms with van der Waals surface area (Å²) in [5, 5.41) is 6.91. The van der Waals surface area contributed by atoms with Crippen LogP contribution in [0.4, 0.5) is 11.6 Å². The molecule has 5 nitrogen and oxygen atoms in total. The molecule has 2 fully saturated rings. The molecule has 0 spiro atoms. The molecule has 0 radical (unpaired) electrons. The maximum atomic E-state index is 4.57. The van der Waals surface area contributed by atoms with Crippen LogP contribution in [-0.4, -0.2) is 41.7 Å². The van der Waals surface area contributed by atoms with Crippen LogP contribution < -0.4 is 15.5 Å². The average Bonchev–Trinajstić information content (AvgIpc) is 3.12. The van der Waals surface area contributed by atoms with E-state index in [4.69, 9.17) is 0 Å². The predicted molar refractivity (Wildman–Crippen MR) is 73.1 cm³/mol. The van der Waals surface area contributed by atoms with Crippen molar-refractivity contribution in [2.24, 2.45) is 0 Å². The van der Waals surface area contributed by atoms with Gasteiger partial charge in [-0.25, -0.2) is 9.97 Å². The van der Waals surface area contributed by atoms with Gasteiger partial charge >= 0.3 is 0 Å². The van der Waals surface area contributed by atoms with Crippen LogP contribution in [0.3, 0.4) is 0 Å². The van der Waals surface area contributed by atoms with E-state index in [-0.39, 0.29) is 0 Å². The average molecular weight is 247 g/mol. The van der Waals surface area contributed by atoms with E-state index in [1.54, 1.807) is 0 Å². The van der Waals surface area contributed by atoms with Gasteiger partial charge in [0.1, 0.15) is 17.5 Å². The van der Waals surface area contributed by atoms with E-state index < -0.39 is 0 Å². The standard InChI is InChI=1S/C13H21N5/c1-9-8-18(6-5-14-9)13-7-12(15-10(2)16-13)17-11-3-4-11/h7,9,11,14H,3-6,8H2,1-2H3,(H,15,16,17). The van der Waals surface area contributed by atoms with Gasteiger partial charge in [0.2, 0.25) is 0 Å². The second kappa shape index (κ2) is 4.72. The van der Waals surface area contributed by atoms with Crippen LogP contribution in [-0.2, 0) is 0 Å². The van der Waals surface area contributed by atoms with Crippen molar-refractivity contribution in [3.8, 4) is 0 Å². The van der Waals surface area contributed by atoms with E-state index in [0.717, 1.165) is 37.1 Å². The van der Waals surface area contributed by atoms with E-state index in [1.165, 1.54) is 12.8 Å². The first kappa shape index (κ1) is 11.7. The van der Waals surface area contributed by atoms with Crippen molar-refractivity contribution in [1.82, 2.24) is 15.3 Å². The van der Waals surface area contributed by atoms with Gasteiger partial charge in [-0.15, -0.1) is 0 Å². The fourth-order valence-corrected chi connectivity index (χ4v) is 2.37. The lowest BCUT2D eigenvalue weighted by Crippen LogP contribution is -2.49. The molecule has 98 valence electrons. The SMILES string of the molecule is Cc1nc(NC2CC2)cc(N2CCNC(C)C2)n1. The van der Waals surface area contributed by atoms with Crippen molar-refractivity contribution in [3.63, 3.8) is 0 Å². The number of hydrogen-bond acceptors (Lipinski definition) is 5. The van der Waals surface area contributed by atoms with Gasteiger partial charge in [0, 0.05) is 37.8 Å². The molecular formula is C13H21N5. The van der Waals surface area contributed by atoms with Crippen LogP contribution >= 0.6 is 0 Å². The van der Waals surface area contributed by atoms with Crippen LogP contribution in [0.2, 0.25) is 0 Å². The van der Waals surface area contributed by atoms with Crippen molar-refractivity contribution in [2.75, 3.05) is 29.9 Å². The van der Waals surface area contributed by atoms with Crippen molar-refractivity contribution in [2.45, 2.75) is 38.8 Å². The minimum absolute atomic E-state index is 0.522. The molecule has 5 heteroatoms.